The van der Waals surface area contributed by atoms with E-state index in [4.69, 9.17) is 16.3 Å². The number of nitrogens with one attached hydrogen (secondary N) is 2. The molecule has 0 saturated carbocycles. The Bertz CT molecular complexity index is 811. The number of hydrogen-bond donors (Lipinski definition) is 2. The lowest BCUT2D eigenvalue weighted by atomic mass is 10.2. The Balaban J connectivity index is 1.88. The first-order valence-electron chi connectivity index (χ1n) is 7.19. The highest BCUT2D eigenvalue weighted by Gasteiger charge is 2.10. The fourth-order valence-corrected chi connectivity index (χ4v) is 2.52. The lowest BCUT2D eigenvalue weighted by molar-refractivity contribution is -0.120. The number of carbonyl (C=O) groups excluding carboxylic acids is 2. The number of nitrogens with zero attached hydrogens (tertiary/aromatic N) is 1. The minimum absolute atomic E-state index is 0.225. The predicted molar refractivity (Wildman–Crippen MR) is 100 cm³/mol. The van der Waals surface area contributed by atoms with Crippen LogP contribution in [0.4, 0.5) is 0 Å². The van der Waals surface area contributed by atoms with Gasteiger partial charge < -0.3 is 10.1 Å². The molecule has 0 aliphatic rings. The Morgan fingerprint density at radius 3 is 2.76 bits per heavy atom. The smallest absolute Gasteiger partial charge is 0.259 e. The van der Waals surface area contributed by atoms with Gasteiger partial charge in [-0.2, -0.15) is 5.10 Å². The highest BCUT2D eigenvalue weighted by atomic mass is 79.9. The molecular formula is C17H15BrClN3O3. The highest BCUT2D eigenvalue weighted by Crippen LogP contribution is 2.21. The number of carbonyl (C=O) groups is 2. The maximum absolute atomic E-state index is 12.0. The predicted octanol–water partition coefficient (Wildman–Crippen LogP) is 2.99. The molecule has 0 spiro atoms. The van der Waals surface area contributed by atoms with Gasteiger partial charge in [0.15, 0.2) is 0 Å². The Kier molecular flexibility index (Phi) is 6.97. The normalized spacial score (nSPS) is 10.5. The number of hydrogen-bond acceptors (Lipinski definition) is 4. The average Bonchev–Trinajstić information content (AvgIpc) is 2.60. The fourth-order valence-electron chi connectivity index (χ4n) is 1.92. The molecule has 130 valence electrons. The summed E-state index contributed by atoms with van der Waals surface area (Å²) < 4.78 is 6.06. The number of amides is 2. The topological polar surface area (TPSA) is 79.8 Å². The lowest BCUT2D eigenvalue weighted by Gasteiger charge is -2.06. The number of hydrazone groups is 1. The molecular weight excluding hydrogens is 410 g/mol. The van der Waals surface area contributed by atoms with Crippen LogP contribution in [0.2, 0.25) is 5.02 Å². The van der Waals surface area contributed by atoms with E-state index in [2.05, 4.69) is 31.8 Å². The molecule has 0 aliphatic carbocycles. The summed E-state index contributed by atoms with van der Waals surface area (Å²) in [7, 11) is 1.55. The zero-order chi connectivity index (χ0) is 18.2. The zero-order valence-corrected chi connectivity index (χ0v) is 15.6. The molecule has 0 unspecified atom stereocenters. The first kappa shape index (κ1) is 19.0. The van der Waals surface area contributed by atoms with Crippen molar-refractivity contribution in [3.8, 4) is 5.75 Å². The Hall–Kier alpha value is -2.38. The SMILES string of the molecule is COc1ccc(Br)cc1/C=N/NC(=O)CNC(=O)c1ccccc1Cl. The van der Waals surface area contributed by atoms with Crippen molar-refractivity contribution >= 4 is 45.6 Å². The molecule has 0 saturated heterocycles. The van der Waals surface area contributed by atoms with Gasteiger partial charge in [-0.1, -0.05) is 39.7 Å². The second kappa shape index (κ2) is 9.19. The highest BCUT2D eigenvalue weighted by molar-refractivity contribution is 9.10. The van der Waals surface area contributed by atoms with E-state index in [-0.39, 0.29) is 6.54 Å². The molecule has 25 heavy (non-hydrogen) atoms. The van der Waals surface area contributed by atoms with Crippen LogP contribution in [0.3, 0.4) is 0 Å². The van der Waals surface area contributed by atoms with Crippen LogP contribution in [0, 0.1) is 0 Å². The second-order valence-corrected chi connectivity index (χ2v) is 6.16. The first-order valence-corrected chi connectivity index (χ1v) is 8.36. The van der Waals surface area contributed by atoms with Gasteiger partial charge in [-0.05, 0) is 30.3 Å². The van der Waals surface area contributed by atoms with Gasteiger partial charge in [0.25, 0.3) is 11.8 Å². The summed E-state index contributed by atoms with van der Waals surface area (Å²) in [5.41, 5.74) is 3.33. The van der Waals surface area contributed by atoms with E-state index in [1.165, 1.54) is 6.21 Å². The molecule has 2 rings (SSSR count). The van der Waals surface area contributed by atoms with Gasteiger partial charge in [0, 0.05) is 10.0 Å². The Labute approximate surface area is 158 Å². The van der Waals surface area contributed by atoms with Gasteiger partial charge in [0.05, 0.1) is 30.5 Å². The van der Waals surface area contributed by atoms with E-state index in [1.54, 1.807) is 43.5 Å². The van der Waals surface area contributed by atoms with Crippen molar-refractivity contribution in [3.63, 3.8) is 0 Å². The third-order valence-electron chi connectivity index (χ3n) is 3.11. The van der Waals surface area contributed by atoms with Crippen molar-refractivity contribution in [2.75, 3.05) is 13.7 Å². The van der Waals surface area contributed by atoms with Crippen LogP contribution in [0.15, 0.2) is 52.0 Å². The van der Waals surface area contributed by atoms with Gasteiger partial charge in [0.2, 0.25) is 0 Å². The van der Waals surface area contributed by atoms with Crippen LogP contribution in [0.1, 0.15) is 15.9 Å². The summed E-state index contributed by atoms with van der Waals surface area (Å²) in [5.74, 6) is -0.280. The van der Waals surface area contributed by atoms with E-state index in [9.17, 15) is 9.59 Å². The maximum atomic E-state index is 12.0. The Morgan fingerprint density at radius 2 is 2.04 bits per heavy atom. The lowest BCUT2D eigenvalue weighted by Crippen LogP contribution is -2.35. The number of benzene rings is 2. The van der Waals surface area contributed by atoms with Gasteiger partial charge in [-0.15, -0.1) is 0 Å². The van der Waals surface area contributed by atoms with Crippen molar-refractivity contribution in [1.82, 2.24) is 10.7 Å². The summed E-state index contributed by atoms with van der Waals surface area (Å²) in [6.45, 7) is -0.225. The van der Waals surface area contributed by atoms with Gasteiger partial charge in [-0.25, -0.2) is 5.43 Å². The third-order valence-corrected chi connectivity index (χ3v) is 3.94. The van der Waals surface area contributed by atoms with Crippen molar-refractivity contribution < 1.29 is 14.3 Å². The maximum Gasteiger partial charge on any atom is 0.259 e. The summed E-state index contributed by atoms with van der Waals surface area (Å²) in [5, 5.41) is 6.65. The molecule has 2 amide bonds. The number of rotatable bonds is 6. The molecule has 0 aliphatic heterocycles. The standard InChI is InChI=1S/C17H15BrClN3O3/c1-25-15-7-6-12(18)8-11(15)9-21-22-16(23)10-20-17(24)13-4-2-3-5-14(13)19/h2-9H,10H2,1H3,(H,20,24)(H,22,23)/b21-9+. The summed E-state index contributed by atoms with van der Waals surface area (Å²) >= 11 is 9.28. The van der Waals surface area contributed by atoms with E-state index in [0.717, 1.165) is 4.47 Å². The van der Waals surface area contributed by atoms with Crippen LogP contribution in [-0.4, -0.2) is 31.7 Å². The molecule has 2 N–H and O–H groups in total. The van der Waals surface area contributed by atoms with Gasteiger partial charge in [0.1, 0.15) is 5.75 Å². The van der Waals surface area contributed by atoms with E-state index in [1.807, 2.05) is 6.07 Å². The summed E-state index contributed by atoms with van der Waals surface area (Å²) in [4.78, 5) is 23.7. The van der Waals surface area contributed by atoms with Crippen LogP contribution in [-0.2, 0) is 4.79 Å². The van der Waals surface area contributed by atoms with Crippen molar-refractivity contribution in [3.05, 3.63) is 63.1 Å². The molecule has 0 atom stereocenters. The first-order chi connectivity index (χ1) is 12.0. The van der Waals surface area contributed by atoms with E-state index in [0.29, 0.717) is 21.9 Å². The van der Waals surface area contributed by atoms with Crippen molar-refractivity contribution in [1.29, 1.82) is 0 Å². The number of ether oxygens (including phenoxy) is 1. The molecule has 0 heterocycles. The molecule has 2 aromatic rings. The number of halogens is 2. The molecule has 0 radical (unpaired) electrons. The summed E-state index contributed by atoms with van der Waals surface area (Å²) in [6, 6.07) is 12.0. The van der Waals surface area contributed by atoms with E-state index < -0.39 is 11.8 Å². The average molecular weight is 425 g/mol. The van der Waals surface area contributed by atoms with Crippen LogP contribution in [0.25, 0.3) is 0 Å². The molecule has 0 fully saturated rings. The van der Waals surface area contributed by atoms with Gasteiger partial charge in [-0.3, -0.25) is 9.59 Å². The van der Waals surface area contributed by atoms with Crippen LogP contribution < -0.4 is 15.5 Å². The van der Waals surface area contributed by atoms with E-state index >= 15 is 0 Å². The van der Waals surface area contributed by atoms with Crippen LogP contribution in [0.5, 0.6) is 5.75 Å². The summed E-state index contributed by atoms with van der Waals surface area (Å²) in [6.07, 6.45) is 1.46. The number of methoxy groups -OCH3 is 1. The van der Waals surface area contributed by atoms with Gasteiger partial charge >= 0.3 is 0 Å². The quantitative estimate of drug-likeness (QED) is 0.553. The molecule has 0 bridgehead atoms. The Morgan fingerprint density at radius 1 is 1.28 bits per heavy atom. The second-order valence-electron chi connectivity index (χ2n) is 4.84. The van der Waals surface area contributed by atoms with Crippen molar-refractivity contribution in [2.45, 2.75) is 0 Å². The van der Waals surface area contributed by atoms with Crippen LogP contribution >= 0.6 is 27.5 Å². The molecule has 2 aromatic carbocycles. The fraction of sp³-hybridized carbons (Fsp3) is 0.118. The molecule has 0 aromatic heterocycles. The zero-order valence-electron chi connectivity index (χ0n) is 13.3. The monoisotopic (exact) mass is 423 g/mol. The largest absolute Gasteiger partial charge is 0.496 e. The third kappa shape index (κ3) is 5.58. The van der Waals surface area contributed by atoms with Crippen molar-refractivity contribution in [2.24, 2.45) is 5.10 Å². The molecule has 6 nitrogen and oxygen atoms in total. The minimum atomic E-state index is -0.467. The molecule has 8 heteroatoms. The minimum Gasteiger partial charge on any atom is -0.496 e.